The van der Waals surface area contributed by atoms with Gasteiger partial charge in [0, 0.05) is 23.9 Å². The summed E-state index contributed by atoms with van der Waals surface area (Å²) in [6.07, 6.45) is 2.67. The summed E-state index contributed by atoms with van der Waals surface area (Å²) in [4.78, 5) is 12.2. The van der Waals surface area contributed by atoms with Gasteiger partial charge in [-0.1, -0.05) is 0 Å². The van der Waals surface area contributed by atoms with Crippen LogP contribution in [0, 0.1) is 0 Å². The van der Waals surface area contributed by atoms with Gasteiger partial charge in [0.05, 0.1) is 34.1 Å². The molecule has 0 saturated heterocycles. The number of nitrogens with one attached hydrogen (secondary N) is 1. The molecule has 1 fully saturated rings. The molecule has 8 nitrogen and oxygen atoms in total. The van der Waals surface area contributed by atoms with Gasteiger partial charge >= 0.3 is 0 Å². The number of carbonyl (C=O) groups excluding carboxylic acids is 1. The standard InChI is InChI=1S/C15H22N2O6S/c1-21-12-7-10(8-13(22-2)15(12)23-3)16-14(18)9-17(11-5-6-11)24(4,19)20/h7-8,11H,5-6,9H2,1-4H3,(H,16,18). The van der Waals surface area contributed by atoms with Gasteiger partial charge < -0.3 is 19.5 Å². The Bertz CT molecular complexity index is 690. The van der Waals surface area contributed by atoms with Gasteiger partial charge in [-0.05, 0) is 12.8 Å². The maximum absolute atomic E-state index is 12.2. The first kappa shape index (κ1) is 18.3. The first-order valence-corrected chi connectivity index (χ1v) is 9.21. The van der Waals surface area contributed by atoms with Crippen molar-refractivity contribution in [2.75, 3.05) is 39.4 Å². The van der Waals surface area contributed by atoms with Crippen molar-refractivity contribution < 1.29 is 27.4 Å². The quantitative estimate of drug-likeness (QED) is 0.747. The Kier molecular flexibility index (Phi) is 5.55. The van der Waals surface area contributed by atoms with E-state index in [-0.39, 0.29) is 12.6 Å². The summed E-state index contributed by atoms with van der Waals surface area (Å²) in [6, 6.07) is 3.09. The van der Waals surface area contributed by atoms with Crippen molar-refractivity contribution in [2.24, 2.45) is 0 Å². The molecule has 0 unspecified atom stereocenters. The van der Waals surface area contributed by atoms with E-state index in [9.17, 15) is 13.2 Å². The highest BCUT2D eigenvalue weighted by atomic mass is 32.2. The highest BCUT2D eigenvalue weighted by Crippen LogP contribution is 2.40. The second-order valence-electron chi connectivity index (χ2n) is 5.50. The van der Waals surface area contributed by atoms with Crippen LogP contribution in [0.25, 0.3) is 0 Å². The molecule has 0 spiro atoms. The van der Waals surface area contributed by atoms with E-state index in [1.807, 2.05) is 0 Å². The minimum Gasteiger partial charge on any atom is -0.493 e. The van der Waals surface area contributed by atoms with Gasteiger partial charge in [-0.3, -0.25) is 4.79 Å². The highest BCUT2D eigenvalue weighted by Gasteiger charge is 2.36. The number of rotatable bonds is 8. The van der Waals surface area contributed by atoms with Gasteiger partial charge in [-0.15, -0.1) is 0 Å². The number of amides is 1. The molecule has 0 bridgehead atoms. The molecule has 1 aliphatic rings. The van der Waals surface area contributed by atoms with Crippen LogP contribution in [0.15, 0.2) is 12.1 Å². The second kappa shape index (κ2) is 7.27. The van der Waals surface area contributed by atoms with Crippen molar-refractivity contribution in [3.05, 3.63) is 12.1 Å². The zero-order valence-corrected chi connectivity index (χ0v) is 15.0. The van der Waals surface area contributed by atoms with Crippen LogP contribution in [0.5, 0.6) is 17.2 Å². The molecule has 2 rings (SSSR count). The van der Waals surface area contributed by atoms with E-state index in [0.717, 1.165) is 19.1 Å². The van der Waals surface area contributed by atoms with Crippen LogP contribution in [-0.2, 0) is 14.8 Å². The lowest BCUT2D eigenvalue weighted by Crippen LogP contribution is -2.38. The Morgan fingerprint density at radius 1 is 1.17 bits per heavy atom. The third-order valence-corrected chi connectivity index (χ3v) is 4.91. The van der Waals surface area contributed by atoms with Crippen LogP contribution in [0.2, 0.25) is 0 Å². The SMILES string of the molecule is COc1cc(NC(=O)CN(C2CC2)S(C)(=O)=O)cc(OC)c1OC. The number of sulfonamides is 1. The maximum Gasteiger partial charge on any atom is 0.239 e. The summed E-state index contributed by atoms with van der Waals surface area (Å²) < 4.78 is 40.4. The Hall–Kier alpha value is -2.00. The summed E-state index contributed by atoms with van der Waals surface area (Å²) in [7, 11) is 1.01. The Labute approximate surface area is 141 Å². The van der Waals surface area contributed by atoms with E-state index < -0.39 is 15.9 Å². The lowest BCUT2D eigenvalue weighted by Gasteiger charge is -2.19. The summed E-state index contributed by atoms with van der Waals surface area (Å²) in [5.74, 6) is 0.777. The van der Waals surface area contributed by atoms with Crippen LogP contribution < -0.4 is 19.5 Å². The first-order valence-electron chi connectivity index (χ1n) is 7.36. The predicted octanol–water partition coefficient (Wildman–Crippen LogP) is 1.07. The number of methoxy groups -OCH3 is 3. The van der Waals surface area contributed by atoms with Crippen molar-refractivity contribution in [2.45, 2.75) is 18.9 Å². The lowest BCUT2D eigenvalue weighted by molar-refractivity contribution is -0.116. The van der Waals surface area contributed by atoms with Crippen molar-refractivity contribution in [3.8, 4) is 17.2 Å². The Balaban J connectivity index is 2.16. The van der Waals surface area contributed by atoms with E-state index in [0.29, 0.717) is 22.9 Å². The van der Waals surface area contributed by atoms with Gasteiger partial charge in [0.1, 0.15) is 0 Å². The van der Waals surface area contributed by atoms with E-state index >= 15 is 0 Å². The molecule has 9 heteroatoms. The van der Waals surface area contributed by atoms with Crippen molar-refractivity contribution >= 4 is 21.6 Å². The van der Waals surface area contributed by atoms with Crippen LogP contribution >= 0.6 is 0 Å². The van der Waals surface area contributed by atoms with E-state index in [2.05, 4.69) is 5.32 Å². The fourth-order valence-electron chi connectivity index (χ4n) is 2.37. The first-order chi connectivity index (χ1) is 11.3. The summed E-state index contributed by atoms with van der Waals surface area (Å²) in [5, 5.41) is 2.67. The van der Waals surface area contributed by atoms with Gasteiger partial charge in [-0.25, -0.2) is 8.42 Å². The van der Waals surface area contributed by atoms with Crippen LogP contribution in [0.1, 0.15) is 12.8 Å². The minimum absolute atomic E-state index is 0.0781. The molecular weight excluding hydrogens is 336 g/mol. The van der Waals surface area contributed by atoms with Crippen molar-refractivity contribution in [1.29, 1.82) is 0 Å². The van der Waals surface area contributed by atoms with Gasteiger partial charge in [0.15, 0.2) is 11.5 Å². The van der Waals surface area contributed by atoms with E-state index in [1.54, 1.807) is 12.1 Å². The topological polar surface area (TPSA) is 94.2 Å². The molecule has 1 aliphatic carbocycles. The monoisotopic (exact) mass is 358 g/mol. The number of nitrogens with zero attached hydrogens (tertiary/aromatic N) is 1. The van der Waals surface area contributed by atoms with Gasteiger partial charge in [-0.2, -0.15) is 4.31 Å². The molecule has 24 heavy (non-hydrogen) atoms. The third kappa shape index (κ3) is 4.30. The van der Waals surface area contributed by atoms with Crippen LogP contribution in [0.4, 0.5) is 5.69 Å². The predicted molar refractivity (Wildman–Crippen MR) is 89.3 cm³/mol. The number of hydrogen-bond donors (Lipinski definition) is 1. The molecule has 0 aromatic heterocycles. The normalized spacial score (nSPS) is 14.4. The number of carbonyl (C=O) groups is 1. The zero-order chi connectivity index (χ0) is 17.9. The number of benzene rings is 1. The largest absolute Gasteiger partial charge is 0.493 e. The minimum atomic E-state index is -3.42. The molecule has 1 N–H and O–H groups in total. The molecule has 134 valence electrons. The molecule has 0 heterocycles. The van der Waals surface area contributed by atoms with Gasteiger partial charge in [0.25, 0.3) is 0 Å². The zero-order valence-electron chi connectivity index (χ0n) is 14.2. The smallest absolute Gasteiger partial charge is 0.239 e. The van der Waals surface area contributed by atoms with Crippen LogP contribution in [0.3, 0.4) is 0 Å². The molecule has 1 amide bonds. The molecular formula is C15H22N2O6S. The third-order valence-electron chi connectivity index (χ3n) is 3.63. The highest BCUT2D eigenvalue weighted by molar-refractivity contribution is 7.88. The average molecular weight is 358 g/mol. The maximum atomic E-state index is 12.2. The average Bonchev–Trinajstić information content (AvgIpc) is 3.35. The number of anilines is 1. The van der Waals surface area contributed by atoms with Crippen molar-refractivity contribution in [3.63, 3.8) is 0 Å². The molecule has 0 radical (unpaired) electrons. The summed E-state index contributed by atoms with van der Waals surface area (Å²) >= 11 is 0. The number of ether oxygens (including phenoxy) is 3. The molecule has 0 aliphatic heterocycles. The summed E-state index contributed by atoms with van der Waals surface area (Å²) in [6.45, 7) is -0.222. The molecule has 1 aromatic carbocycles. The fourth-order valence-corrected chi connectivity index (χ4v) is 3.48. The Morgan fingerprint density at radius 2 is 1.71 bits per heavy atom. The van der Waals surface area contributed by atoms with Gasteiger partial charge in [0.2, 0.25) is 21.7 Å². The molecule has 1 aromatic rings. The van der Waals surface area contributed by atoms with Crippen molar-refractivity contribution in [1.82, 2.24) is 4.31 Å². The van der Waals surface area contributed by atoms with E-state index in [4.69, 9.17) is 14.2 Å². The second-order valence-corrected chi connectivity index (χ2v) is 7.44. The molecule has 0 atom stereocenters. The number of hydrogen-bond acceptors (Lipinski definition) is 6. The fraction of sp³-hybridized carbons (Fsp3) is 0.533. The molecule has 1 saturated carbocycles. The van der Waals surface area contributed by atoms with E-state index in [1.165, 1.54) is 25.6 Å². The lowest BCUT2D eigenvalue weighted by atomic mass is 10.2. The Morgan fingerprint density at radius 3 is 2.08 bits per heavy atom. The van der Waals surface area contributed by atoms with Crippen LogP contribution in [-0.4, -0.2) is 58.8 Å². The summed E-state index contributed by atoms with van der Waals surface area (Å²) in [5.41, 5.74) is 0.429.